The summed E-state index contributed by atoms with van der Waals surface area (Å²) in [6.07, 6.45) is 2.51. The van der Waals surface area contributed by atoms with Crippen molar-refractivity contribution in [3.63, 3.8) is 0 Å². The Hall–Kier alpha value is -3.92. The highest BCUT2D eigenvalue weighted by atomic mass is 16.6. The summed E-state index contributed by atoms with van der Waals surface area (Å²) in [4.78, 5) is 23.8. The SMILES string of the molecule is COc1cc(C=O)ccc1OC(=O)c1cn(CCC#N)nc1-c1ccccc1. The summed E-state index contributed by atoms with van der Waals surface area (Å²) in [6.45, 7) is 0.362. The zero-order valence-electron chi connectivity index (χ0n) is 15.2. The van der Waals surface area contributed by atoms with Crippen molar-refractivity contribution in [2.45, 2.75) is 13.0 Å². The van der Waals surface area contributed by atoms with Gasteiger partial charge in [0.15, 0.2) is 11.5 Å². The first-order valence-corrected chi connectivity index (χ1v) is 8.51. The molecule has 0 atom stereocenters. The molecular formula is C21H17N3O4. The standard InChI is InChI=1S/C21H17N3O4/c1-27-19-12-15(14-25)8-9-18(19)28-21(26)17-13-24(11-5-10-22)23-20(17)16-6-3-2-4-7-16/h2-4,6-9,12-14H,5,11H2,1H3. The third kappa shape index (κ3) is 4.07. The minimum Gasteiger partial charge on any atom is -0.493 e. The lowest BCUT2D eigenvalue weighted by molar-refractivity contribution is 0.0730. The van der Waals surface area contributed by atoms with E-state index in [4.69, 9.17) is 14.7 Å². The molecule has 140 valence electrons. The summed E-state index contributed by atoms with van der Waals surface area (Å²) in [6, 6.07) is 15.8. The van der Waals surface area contributed by atoms with Gasteiger partial charge >= 0.3 is 5.97 Å². The molecule has 0 fully saturated rings. The van der Waals surface area contributed by atoms with Crippen LogP contribution in [0.1, 0.15) is 27.1 Å². The lowest BCUT2D eigenvalue weighted by Crippen LogP contribution is -2.10. The number of rotatable bonds is 7. The molecule has 0 N–H and O–H groups in total. The van der Waals surface area contributed by atoms with E-state index in [0.717, 1.165) is 5.56 Å². The Bertz CT molecular complexity index is 1040. The second-order valence-corrected chi connectivity index (χ2v) is 5.85. The fraction of sp³-hybridized carbons (Fsp3) is 0.143. The molecule has 0 spiro atoms. The van der Waals surface area contributed by atoms with E-state index in [1.807, 2.05) is 30.3 Å². The fourth-order valence-corrected chi connectivity index (χ4v) is 2.66. The Kier molecular flexibility index (Phi) is 5.82. The monoisotopic (exact) mass is 375 g/mol. The molecule has 0 unspecified atom stereocenters. The second kappa shape index (κ2) is 8.64. The van der Waals surface area contributed by atoms with E-state index in [9.17, 15) is 9.59 Å². The van der Waals surface area contributed by atoms with Gasteiger partial charge in [-0.1, -0.05) is 30.3 Å². The van der Waals surface area contributed by atoms with Gasteiger partial charge < -0.3 is 9.47 Å². The van der Waals surface area contributed by atoms with Crippen LogP contribution < -0.4 is 9.47 Å². The molecule has 7 heteroatoms. The number of esters is 1. The molecule has 3 rings (SSSR count). The van der Waals surface area contributed by atoms with Gasteiger partial charge in [0.2, 0.25) is 0 Å². The fourth-order valence-electron chi connectivity index (χ4n) is 2.66. The van der Waals surface area contributed by atoms with Crippen molar-refractivity contribution in [1.29, 1.82) is 5.26 Å². The number of nitriles is 1. The van der Waals surface area contributed by atoms with E-state index in [0.29, 0.717) is 24.1 Å². The molecule has 0 bridgehead atoms. The molecule has 3 aromatic rings. The smallest absolute Gasteiger partial charge is 0.347 e. The van der Waals surface area contributed by atoms with Crippen LogP contribution in [-0.4, -0.2) is 29.1 Å². The zero-order valence-corrected chi connectivity index (χ0v) is 15.2. The number of hydrogen-bond acceptors (Lipinski definition) is 6. The molecule has 0 saturated heterocycles. The Morgan fingerprint density at radius 2 is 2.00 bits per heavy atom. The maximum Gasteiger partial charge on any atom is 0.347 e. The lowest BCUT2D eigenvalue weighted by atomic mass is 10.1. The summed E-state index contributed by atoms with van der Waals surface area (Å²) in [5.74, 6) is -0.141. The highest BCUT2D eigenvalue weighted by Gasteiger charge is 2.21. The molecular weight excluding hydrogens is 358 g/mol. The quantitative estimate of drug-likeness (QED) is 0.356. The lowest BCUT2D eigenvalue weighted by Gasteiger charge is -2.09. The minimum atomic E-state index is -0.612. The molecule has 0 amide bonds. The van der Waals surface area contributed by atoms with Gasteiger partial charge in [0.05, 0.1) is 26.1 Å². The Labute approximate surface area is 161 Å². The van der Waals surface area contributed by atoms with E-state index in [-0.39, 0.29) is 23.5 Å². The topological polar surface area (TPSA) is 94.2 Å². The van der Waals surface area contributed by atoms with E-state index < -0.39 is 5.97 Å². The number of ether oxygens (including phenoxy) is 2. The van der Waals surface area contributed by atoms with Gasteiger partial charge in [-0.15, -0.1) is 0 Å². The predicted octanol–water partition coefficient (Wildman–Crippen LogP) is 3.50. The Morgan fingerprint density at radius 1 is 1.21 bits per heavy atom. The summed E-state index contributed by atoms with van der Waals surface area (Å²) < 4.78 is 12.3. The van der Waals surface area contributed by atoms with Crippen molar-refractivity contribution < 1.29 is 19.1 Å². The Balaban J connectivity index is 1.96. The average molecular weight is 375 g/mol. The predicted molar refractivity (Wildman–Crippen MR) is 101 cm³/mol. The minimum absolute atomic E-state index is 0.196. The van der Waals surface area contributed by atoms with Crippen molar-refractivity contribution in [3.05, 3.63) is 65.9 Å². The number of carbonyl (C=O) groups is 2. The number of nitrogens with zero attached hydrogens (tertiary/aromatic N) is 3. The van der Waals surface area contributed by atoms with Crippen molar-refractivity contribution in [2.75, 3.05) is 7.11 Å². The molecule has 28 heavy (non-hydrogen) atoms. The molecule has 0 aliphatic rings. The average Bonchev–Trinajstić information content (AvgIpc) is 3.17. The first-order chi connectivity index (χ1) is 13.7. The Morgan fingerprint density at radius 3 is 2.68 bits per heavy atom. The summed E-state index contributed by atoms with van der Waals surface area (Å²) >= 11 is 0. The summed E-state index contributed by atoms with van der Waals surface area (Å²) in [5.41, 5.74) is 1.90. The van der Waals surface area contributed by atoms with Crippen LogP contribution in [0.25, 0.3) is 11.3 Å². The van der Waals surface area contributed by atoms with Crippen molar-refractivity contribution in [1.82, 2.24) is 9.78 Å². The van der Waals surface area contributed by atoms with Gasteiger partial charge in [-0.05, 0) is 18.2 Å². The summed E-state index contributed by atoms with van der Waals surface area (Å²) in [7, 11) is 1.43. The van der Waals surface area contributed by atoms with Crippen LogP contribution in [0.2, 0.25) is 0 Å². The first kappa shape index (κ1) is 18.9. The van der Waals surface area contributed by atoms with Crippen molar-refractivity contribution >= 4 is 12.3 Å². The third-order valence-electron chi connectivity index (χ3n) is 4.01. The van der Waals surface area contributed by atoms with Crippen molar-refractivity contribution in [2.24, 2.45) is 0 Å². The van der Waals surface area contributed by atoms with Gasteiger partial charge in [-0.25, -0.2) is 4.79 Å². The number of methoxy groups -OCH3 is 1. The van der Waals surface area contributed by atoms with Crippen LogP contribution in [0.4, 0.5) is 0 Å². The molecule has 0 aliphatic carbocycles. The van der Waals surface area contributed by atoms with Crippen LogP contribution in [0, 0.1) is 11.3 Å². The molecule has 0 saturated carbocycles. The molecule has 2 aromatic carbocycles. The zero-order chi connectivity index (χ0) is 19.9. The highest BCUT2D eigenvalue weighted by molar-refractivity contribution is 5.97. The first-order valence-electron chi connectivity index (χ1n) is 8.51. The number of benzene rings is 2. The van der Waals surface area contributed by atoms with E-state index in [1.54, 1.807) is 10.9 Å². The second-order valence-electron chi connectivity index (χ2n) is 5.85. The number of hydrogen-bond donors (Lipinski definition) is 0. The molecule has 7 nitrogen and oxygen atoms in total. The maximum absolute atomic E-state index is 12.9. The molecule has 0 radical (unpaired) electrons. The van der Waals surface area contributed by atoms with Crippen LogP contribution in [-0.2, 0) is 6.54 Å². The number of aldehydes is 1. The van der Waals surface area contributed by atoms with Gasteiger partial charge in [-0.2, -0.15) is 10.4 Å². The number of aromatic nitrogens is 2. The van der Waals surface area contributed by atoms with Crippen molar-refractivity contribution in [3.8, 4) is 28.8 Å². The highest BCUT2D eigenvalue weighted by Crippen LogP contribution is 2.30. The third-order valence-corrected chi connectivity index (χ3v) is 4.01. The number of aryl methyl sites for hydroxylation is 1. The number of carbonyl (C=O) groups excluding carboxylic acids is 2. The van der Waals surface area contributed by atoms with Crippen LogP contribution >= 0.6 is 0 Å². The largest absolute Gasteiger partial charge is 0.493 e. The van der Waals surface area contributed by atoms with E-state index >= 15 is 0 Å². The van der Waals surface area contributed by atoms with Crippen LogP contribution in [0.15, 0.2) is 54.7 Å². The molecule has 0 aliphatic heterocycles. The molecule has 1 aromatic heterocycles. The van der Waals surface area contributed by atoms with Gasteiger partial charge in [0, 0.05) is 17.3 Å². The van der Waals surface area contributed by atoms with Gasteiger partial charge in [0.25, 0.3) is 0 Å². The van der Waals surface area contributed by atoms with Crippen LogP contribution in [0.5, 0.6) is 11.5 Å². The summed E-state index contributed by atoms with van der Waals surface area (Å²) in [5, 5.41) is 13.2. The molecule has 1 heterocycles. The van der Waals surface area contributed by atoms with E-state index in [1.165, 1.54) is 25.3 Å². The van der Waals surface area contributed by atoms with Gasteiger partial charge in [0.1, 0.15) is 17.5 Å². The normalized spacial score (nSPS) is 10.1. The van der Waals surface area contributed by atoms with Crippen LogP contribution in [0.3, 0.4) is 0 Å². The van der Waals surface area contributed by atoms with Gasteiger partial charge in [-0.3, -0.25) is 9.48 Å². The maximum atomic E-state index is 12.9. The van der Waals surface area contributed by atoms with E-state index in [2.05, 4.69) is 11.2 Å².